The predicted molar refractivity (Wildman–Crippen MR) is 79.0 cm³/mol. The summed E-state index contributed by atoms with van der Waals surface area (Å²) in [7, 11) is 0. The molecule has 2 rings (SSSR count). The molecule has 2 fully saturated rings. The van der Waals surface area contributed by atoms with Crippen molar-refractivity contribution in [3.63, 3.8) is 0 Å². The Morgan fingerprint density at radius 3 is 2.63 bits per heavy atom. The maximum Gasteiger partial charge on any atom is 0.225 e. The van der Waals surface area contributed by atoms with Gasteiger partial charge in [0.25, 0.3) is 0 Å². The Bertz CT molecular complexity index is 280. The standard InChI is InChI=1S/C16H30N2O/c1-3-10-18(15-8-9-17-12-15)16(19)13(2)11-14-6-4-5-7-14/h13-15,17H,3-12H2,1-2H3. The maximum absolute atomic E-state index is 12.7. The van der Waals surface area contributed by atoms with E-state index in [2.05, 4.69) is 24.1 Å². The number of nitrogens with one attached hydrogen (secondary N) is 1. The molecule has 2 atom stereocenters. The molecule has 3 heteroatoms. The molecule has 0 aromatic heterocycles. The van der Waals surface area contributed by atoms with Crippen LogP contribution in [0.4, 0.5) is 0 Å². The molecule has 1 N–H and O–H groups in total. The van der Waals surface area contributed by atoms with Crippen LogP contribution in [-0.4, -0.2) is 36.5 Å². The van der Waals surface area contributed by atoms with E-state index in [0.29, 0.717) is 11.9 Å². The van der Waals surface area contributed by atoms with Crippen molar-refractivity contribution in [2.24, 2.45) is 11.8 Å². The van der Waals surface area contributed by atoms with Crippen molar-refractivity contribution < 1.29 is 4.79 Å². The van der Waals surface area contributed by atoms with Gasteiger partial charge in [-0.15, -0.1) is 0 Å². The second-order valence-corrected chi connectivity index (χ2v) is 6.47. The maximum atomic E-state index is 12.7. The molecule has 0 radical (unpaired) electrons. The summed E-state index contributed by atoms with van der Waals surface area (Å²) in [5.41, 5.74) is 0. The van der Waals surface area contributed by atoms with Gasteiger partial charge in [0.1, 0.15) is 0 Å². The number of nitrogens with zero attached hydrogens (tertiary/aromatic N) is 1. The minimum atomic E-state index is 0.218. The zero-order valence-electron chi connectivity index (χ0n) is 12.7. The summed E-state index contributed by atoms with van der Waals surface area (Å²) >= 11 is 0. The highest BCUT2D eigenvalue weighted by Crippen LogP contribution is 2.31. The van der Waals surface area contributed by atoms with Crippen LogP contribution in [0.3, 0.4) is 0 Å². The number of rotatable bonds is 6. The topological polar surface area (TPSA) is 32.3 Å². The first kappa shape index (κ1) is 14.8. The summed E-state index contributed by atoms with van der Waals surface area (Å²) in [5, 5.41) is 3.38. The van der Waals surface area contributed by atoms with Crippen molar-refractivity contribution in [1.29, 1.82) is 0 Å². The summed E-state index contributed by atoms with van der Waals surface area (Å²) in [6.07, 6.45) is 8.74. The molecule has 0 aromatic rings. The molecule has 19 heavy (non-hydrogen) atoms. The second kappa shape index (κ2) is 7.28. The lowest BCUT2D eigenvalue weighted by Gasteiger charge is -2.31. The highest BCUT2D eigenvalue weighted by Gasteiger charge is 2.30. The molecule has 3 nitrogen and oxygen atoms in total. The van der Waals surface area contributed by atoms with E-state index in [4.69, 9.17) is 0 Å². The van der Waals surface area contributed by atoms with Gasteiger partial charge in [-0.2, -0.15) is 0 Å². The minimum Gasteiger partial charge on any atom is -0.338 e. The smallest absolute Gasteiger partial charge is 0.225 e. The Labute approximate surface area is 118 Å². The summed E-state index contributed by atoms with van der Waals surface area (Å²) in [4.78, 5) is 14.9. The first-order valence-electron chi connectivity index (χ1n) is 8.23. The molecule has 0 aromatic carbocycles. The van der Waals surface area contributed by atoms with Crippen LogP contribution < -0.4 is 5.32 Å². The summed E-state index contributed by atoms with van der Waals surface area (Å²) in [6.45, 7) is 7.30. The lowest BCUT2D eigenvalue weighted by molar-refractivity contribution is -0.137. The van der Waals surface area contributed by atoms with Crippen LogP contribution in [0, 0.1) is 11.8 Å². The molecule has 2 aliphatic rings. The Morgan fingerprint density at radius 2 is 2.05 bits per heavy atom. The largest absolute Gasteiger partial charge is 0.338 e. The quantitative estimate of drug-likeness (QED) is 0.802. The Morgan fingerprint density at radius 1 is 1.32 bits per heavy atom. The zero-order valence-corrected chi connectivity index (χ0v) is 12.7. The SMILES string of the molecule is CCCN(C(=O)C(C)CC1CCCC1)C1CCNC1. The van der Waals surface area contributed by atoms with Crippen LogP contribution in [0.1, 0.15) is 58.8 Å². The third-order valence-corrected chi connectivity index (χ3v) is 4.81. The fourth-order valence-corrected chi connectivity index (χ4v) is 3.75. The molecule has 1 aliphatic carbocycles. The molecular weight excluding hydrogens is 236 g/mol. The van der Waals surface area contributed by atoms with Crippen molar-refractivity contribution in [2.45, 2.75) is 64.8 Å². The number of carbonyl (C=O) groups is 1. The second-order valence-electron chi connectivity index (χ2n) is 6.47. The van der Waals surface area contributed by atoms with E-state index < -0.39 is 0 Å². The zero-order chi connectivity index (χ0) is 13.7. The van der Waals surface area contributed by atoms with Gasteiger partial charge in [-0.1, -0.05) is 39.5 Å². The molecule has 110 valence electrons. The average molecular weight is 266 g/mol. The van der Waals surface area contributed by atoms with E-state index in [-0.39, 0.29) is 5.92 Å². The van der Waals surface area contributed by atoms with E-state index >= 15 is 0 Å². The van der Waals surface area contributed by atoms with Crippen molar-refractivity contribution in [2.75, 3.05) is 19.6 Å². The van der Waals surface area contributed by atoms with Crippen LogP contribution in [0.15, 0.2) is 0 Å². The molecule has 1 amide bonds. The van der Waals surface area contributed by atoms with Crippen molar-refractivity contribution in [3.05, 3.63) is 0 Å². The Kier molecular flexibility index (Phi) is 5.68. The molecular formula is C16H30N2O. The van der Waals surface area contributed by atoms with Crippen LogP contribution in [0.5, 0.6) is 0 Å². The van der Waals surface area contributed by atoms with Crippen molar-refractivity contribution in [3.8, 4) is 0 Å². The first-order chi connectivity index (χ1) is 9.22. The van der Waals surface area contributed by atoms with E-state index in [1.165, 1.54) is 25.7 Å². The minimum absolute atomic E-state index is 0.218. The molecule has 1 heterocycles. The van der Waals surface area contributed by atoms with Crippen LogP contribution in [-0.2, 0) is 4.79 Å². The Balaban J connectivity index is 1.89. The fraction of sp³-hybridized carbons (Fsp3) is 0.938. The van der Waals surface area contributed by atoms with Gasteiger partial charge in [0.15, 0.2) is 0 Å². The van der Waals surface area contributed by atoms with Gasteiger partial charge in [0.05, 0.1) is 0 Å². The van der Waals surface area contributed by atoms with Gasteiger partial charge in [-0.25, -0.2) is 0 Å². The van der Waals surface area contributed by atoms with Crippen LogP contribution >= 0.6 is 0 Å². The van der Waals surface area contributed by atoms with Gasteiger partial charge < -0.3 is 10.2 Å². The first-order valence-corrected chi connectivity index (χ1v) is 8.23. The summed E-state index contributed by atoms with van der Waals surface area (Å²) in [5.74, 6) is 1.43. The van der Waals surface area contributed by atoms with E-state index in [0.717, 1.165) is 44.8 Å². The van der Waals surface area contributed by atoms with Gasteiger partial charge in [0, 0.05) is 25.0 Å². The molecule has 1 saturated heterocycles. The van der Waals surface area contributed by atoms with Crippen LogP contribution in [0.25, 0.3) is 0 Å². The highest BCUT2D eigenvalue weighted by molar-refractivity contribution is 5.78. The normalized spacial score (nSPS) is 25.7. The number of hydrogen-bond acceptors (Lipinski definition) is 2. The fourth-order valence-electron chi connectivity index (χ4n) is 3.75. The number of carbonyl (C=O) groups excluding carboxylic acids is 1. The molecule has 0 spiro atoms. The van der Waals surface area contributed by atoms with Crippen molar-refractivity contribution >= 4 is 5.91 Å². The highest BCUT2D eigenvalue weighted by atomic mass is 16.2. The monoisotopic (exact) mass is 266 g/mol. The Hall–Kier alpha value is -0.570. The summed E-state index contributed by atoms with van der Waals surface area (Å²) in [6, 6.07) is 0.443. The van der Waals surface area contributed by atoms with E-state index in [9.17, 15) is 4.79 Å². The molecule has 2 unspecified atom stereocenters. The molecule has 0 bridgehead atoms. The predicted octanol–water partition coefficient (Wildman–Crippen LogP) is 2.80. The lowest BCUT2D eigenvalue weighted by Crippen LogP contribution is -2.44. The van der Waals surface area contributed by atoms with Crippen molar-refractivity contribution in [1.82, 2.24) is 10.2 Å². The average Bonchev–Trinajstić information content (AvgIpc) is 3.07. The van der Waals surface area contributed by atoms with Gasteiger partial charge in [-0.05, 0) is 31.7 Å². The molecule has 1 aliphatic heterocycles. The van der Waals surface area contributed by atoms with Gasteiger partial charge >= 0.3 is 0 Å². The summed E-state index contributed by atoms with van der Waals surface area (Å²) < 4.78 is 0. The molecule has 1 saturated carbocycles. The third kappa shape index (κ3) is 3.95. The number of amides is 1. The van der Waals surface area contributed by atoms with Crippen LogP contribution in [0.2, 0.25) is 0 Å². The van der Waals surface area contributed by atoms with Gasteiger partial charge in [0.2, 0.25) is 5.91 Å². The van der Waals surface area contributed by atoms with Gasteiger partial charge in [-0.3, -0.25) is 4.79 Å². The number of hydrogen-bond donors (Lipinski definition) is 1. The van der Waals surface area contributed by atoms with E-state index in [1.54, 1.807) is 0 Å². The lowest BCUT2D eigenvalue weighted by atomic mass is 9.93. The van der Waals surface area contributed by atoms with E-state index in [1.807, 2.05) is 0 Å². The third-order valence-electron chi connectivity index (χ3n) is 4.81.